The van der Waals surface area contributed by atoms with Crippen LogP contribution in [0.3, 0.4) is 0 Å². The number of unbranched alkanes of at least 4 members (excludes halogenated alkanes) is 6. The number of nitrogens with one attached hydrogen (secondary N) is 2. The van der Waals surface area contributed by atoms with Gasteiger partial charge in [-0.1, -0.05) is 63.1 Å². The minimum absolute atomic E-state index is 0.730. The van der Waals surface area contributed by atoms with Crippen LogP contribution in [0.2, 0.25) is 0 Å². The number of rotatable bonds is 9. The van der Waals surface area contributed by atoms with Crippen molar-refractivity contribution in [1.29, 1.82) is 0 Å². The summed E-state index contributed by atoms with van der Waals surface area (Å²) in [6, 6.07) is 6.36. The van der Waals surface area contributed by atoms with Crippen molar-refractivity contribution >= 4 is 23.0 Å². The van der Waals surface area contributed by atoms with E-state index in [0.29, 0.717) is 0 Å². The maximum atomic E-state index is 5.34. The summed E-state index contributed by atoms with van der Waals surface area (Å²) in [5.74, 6) is 0. The average molecular weight is 307 g/mol. The molecule has 0 aromatic heterocycles. The molecule has 0 fully saturated rings. The lowest BCUT2D eigenvalue weighted by atomic mass is 10.1. The molecule has 118 valence electrons. The molecule has 0 saturated carbocycles. The fourth-order valence-corrected chi connectivity index (χ4v) is 2.62. The van der Waals surface area contributed by atoms with Crippen LogP contribution in [0.5, 0.6) is 0 Å². The molecule has 0 atom stereocenters. The van der Waals surface area contributed by atoms with Gasteiger partial charge in [0.2, 0.25) is 0 Å². The Morgan fingerprint density at radius 3 is 2.33 bits per heavy atom. The van der Waals surface area contributed by atoms with Crippen molar-refractivity contribution in [3.63, 3.8) is 0 Å². The smallest absolute Gasteiger partial charge is 0.170 e. The molecule has 0 heterocycles. The number of aryl methyl sites for hydroxylation is 2. The first kappa shape index (κ1) is 18.0. The van der Waals surface area contributed by atoms with Gasteiger partial charge in [-0.05, 0) is 44.1 Å². The second-order valence-electron chi connectivity index (χ2n) is 5.82. The Kier molecular flexibility index (Phi) is 9.07. The number of benzene rings is 1. The van der Waals surface area contributed by atoms with Gasteiger partial charge in [-0.25, -0.2) is 0 Å². The lowest BCUT2D eigenvalue weighted by Crippen LogP contribution is -2.29. The molecule has 2 nitrogen and oxygen atoms in total. The maximum absolute atomic E-state index is 5.34. The predicted octanol–water partition coefficient (Wildman–Crippen LogP) is 5.34. The molecule has 1 aromatic carbocycles. The Balaban J connectivity index is 2.11. The Morgan fingerprint density at radius 1 is 1.00 bits per heavy atom. The van der Waals surface area contributed by atoms with Gasteiger partial charge in [0.05, 0.1) is 0 Å². The zero-order chi connectivity index (χ0) is 15.5. The van der Waals surface area contributed by atoms with Crippen LogP contribution < -0.4 is 10.6 Å². The highest BCUT2D eigenvalue weighted by atomic mass is 32.1. The van der Waals surface area contributed by atoms with E-state index in [0.717, 1.165) is 17.3 Å². The first-order valence-electron chi connectivity index (χ1n) is 8.25. The first-order chi connectivity index (χ1) is 10.1. The lowest BCUT2D eigenvalue weighted by molar-refractivity contribution is 0.586. The molecule has 0 spiro atoms. The van der Waals surface area contributed by atoms with Crippen LogP contribution >= 0.6 is 12.2 Å². The molecule has 21 heavy (non-hydrogen) atoms. The molecule has 0 aliphatic carbocycles. The third kappa shape index (κ3) is 8.05. The normalized spacial score (nSPS) is 10.4. The van der Waals surface area contributed by atoms with E-state index in [4.69, 9.17) is 12.2 Å². The summed E-state index contributed by atoms with van der Waals surface area (Å²) >= 11 is 5.34. The maximum Gasteiger partial charge on any atom is 0.170 e. The fraction of sp³-hybridized carbons (Fsp3) is 0.611. The summed E-state index contributed by atoms with van der Waals surface area (Å²) in [5, 5.41) is 7.30. The molecule has 2 N–H and O–H groups in total. The monoisotopic (exact) mass is 306 g/mol. The highest BCUT2D eigenvalue weighted by Gasteiger charge is 2.01. The van der Waals surface area contributed by atoms with Crippen LogP contribution in [0, 0.1) is 13.8 Å². The summed E-state index contributed by atoms with van der Waals surface area (Å²) in [5.41, 5.74) is 3.60. The van der Waals surface area contributed by atoms with Crippen molar-refractivity contribution < 1.29 is 0 Å². The first-order valence-corrected chi connectivity index (χ1v) is 8.66. The van der Waals surface area contributed by atoms with Crippen molar-refractivity contribution in [3.05, 3.63) is 29.3 Å². The minimum Gasteiger partial charge on any atom is -0.362 e. The lowest BCUT2D eigenvalue weighted by Gasteiger charge is -2.13. The topological polar surface area (TPSA) is 24.1 Å². The molecular formula is C18H30N2S. The summed E-state index contributed by atoms with van der Waals surface area (Å²) in [4.78, 5) is 0. The summed E-state index contributed by atoms with van der Waals surface area (Å²) in [6.45, 7) is 7.43. The van der Waals surface area contributed by atoms with E-state index in [1.807, 2.05) is 0 Å². The van der Waals surface area contributed by atoms with Gasteiger partial charge in [0, 0.05) is 12.2 Å². The molecule has 0 bridgehead atoms. The third-order valence-electron chi connectivity index (χ3n) is 3.70. The second-order valence-corrected chi connectivity index (χ2v) is 6.23. The van der Waals surface area contributed by atoms with Crippen LogP contribution in [0.4, 0.5) is 5.69 Å². The zero-order valence-electron chi connectivity index (χ0n) is 13.8. The van der Waals surface area contributed by atoms with E-state index in [-0.39, 0.29) is 0 Å². The quantitative estimate of drug-likeness (QED) is 0.475. The van der Waals surface area contributed by atoms with Gasteiger partial charge < -0.3 is 10.6 Å². The highest BCUT2D eigenvalue weighted by Crippen LogP contribution is 2.15. The van der Waals surface area contributed by atoms with Crippen molar-refractivity contribution in [3.8, 4) is 0 Å². The number of hydrogen-bond acceptors (Lipinski definition) is 1. The fourth-order valence-electron chi connectivity index (χ4n) is 2.40. The Bertz CT molecular complexity index is 429. The van der Waals surface area contributed by atoms with E-state index in [9.17, 15) is 0 Å². The average Bonchev–Trinajstić information content (AvgIpc) is 2.45. The SMILES string of the molecule is CCCCCCCCCNC(=S)Nc1ccc(C)cc1C. The summed E-state index contributed by atoms with van der Waals surface area (Å²) in [6.07, 6.45) is 9.29. The molecule has 3 heteroatoms. The third-order valence-corrected chi connectivity index (χ3v) is 3.94. The Hall–Kier alpha value is -1.09. The van der Waals surface area contributed by atoms with Gasteiger partial charge in [0.1, 0.15) is 0 Å². The van der Waals surface area contributed by atoms with Gasteiger partial charge in [0.15, 0.2) is 5.11 Å². The van der Waals surface area contributed by atoms with Crippen molar-refractivity contribution in [2.45, 2.75) is 65.7 Å². The molecule has 1 rings (SSSR count). The van der Waals surface area contributed by atoms with Crippen molar-refractivity contribution in [1.82, 2.24) is 5.32 Å². The van der Waals surface area contributed by atoms with E-state index in [2.05, 4.69) is 49.6 Å². The molecule has 1 aromatic rings. The van der Waals surface area contributed by atoms with Gasteiger partial charge in [-0.2, -0.15) is 0 Å². The van der Waals surface area contributed by atoms with E-state index in [1.54, 1.807) is 0 Å². The standard InChI is InChI=1S/C18H30N2S/c1-4-5-6-7-8-9-10-13-19-18(21)20-17-12-11-15(2)14-16(17)3/h11-12,14H,4-10,13H2,1-3H3,(H2,19,20,21). The molecule has 0 unspecified atom stereocenters. The van der Waals surface area contributed by atoms with Crippen LogP contribution in [-0.4, -0.2) is 11.7 Å². The molecular weight excluding hydrogens is 276 g/mol. The predicted molar refractivity (Wildman–Crippen MR) is 98.1 cm³/mol. The molecule has 0 aliphatic heterocycles. The van der Waals surface area contributed by atoms with E-state index < -0.39 is 0 Å². The molecule has 0 radical (unpaired) electrons. The van der Waals surface area contributed by atoms with E-state index >= 15 is 0 Å². The van der Waals surface area contributed by atoms with Gasteiger partial charge in [0.25, 0.3) is 0 Å². The minimum atomic E-state index is 0.730. The van der Waals surface area contributed by atoms with E-state index in [1.165, 1.54) is 56.1 Å². The zero-order valence-corrected chi connectivity index (χ0v) is 14.6. The Morgan fingerprint density at radius 2 is 1.67 bits per heavy atom. The van der Waals surface area contributed by atoms with Gasteiger partial charge in [-0.3, -0.25) is 0 Å². The molecule has 0 amide bonds. The van der Waals surface area contributed by atoms with Gasteiger partial charge >= 0.3 is 0 Å². The van der Waals surface area contributed by atoms with Crippen molar-refractivity contribution in [2.75, 3.05) is 11.9 Å². The highest BCUT2D eigenvalue weighted by molar-refractivity contribution is 7.80. The summed E-state index contributed by atoms with van der Waals surface area (Å²) < 4.78 is 0. The largest absolute Gasteiger partial charge is 0.362 e. The van der Waals surface area contributed by atoms with Crippen LogP contribution in [0.15, 0.2) is 18.2 Å². The Labute approximate surface area is 135 Å². The van der Waals surface area contributed by atoms with Crippen molar-refractivity contribution in [2.24, 2.45) is 0 Å². The summed E-state index contributed by atoms with van der Waals surface area (Å²) in [7, 11) is 0. The molecule has 0 aliphatic rings. The van der Waals surface area contributed by atoms with Crippen LogP contribution in [0.25, 0.3) is 0 Å². The second kappa shape index (κ2) is 10.6. The van der Waals surface area contributed by atoms with Crippen LogP contribution in [-0.2, 0) is 0 Å². The number of hydrogen-bond donors (Lipinski definition) is 2. The number of anilines is 1. The van der Waals surface area contributed by atoms with Gasteiger partial charge in [-0.15, -0.1) is 0 Å². The number of thiocarbonyl (C=S) groups is 1. The van der Waals surface area contributed by atoms with Crippen LogP contribution in [0.1, 0.15) is 63.0 Å². The molecule has 0 saturated heterocycles.